The molecule has 1 saturated heterocycles. The molecule has 0 saturated carbocycles. The van der Waals surface area contributed by atoms with Crippen LogP contribution in [0.4, 0.5) is 5.69 Å². The van der Waals surface area contributed by atoms with E-state index in [2.05, 4.69) is 30.9 Å². The molecule has 1 heterocycles. The number of rotatable bonds is 2. The van der Waals surface area contributed by atoms with E-state index in [4.69, 9.17) is 11.1 Å². The summed E-state index contributed by atoms with van der Waals surface area (Å²) in [5, 5.41) is 7.69. The number of hydrogen-bond acceptors (Lipinski definition) is 2. The Morgan fingerprint density at radius 2 is 2.12 bits per heavy atom. The van der Waals surface area contributed by atoms with Crippen molar-refractivity contribution in [2.75, 3.05) is 18.0 Å². The van der Waals surface area contributed by atoms with Gasteiger partial charge in [-0.1, -0.05) is 25.5 Å². The Morgan fingerprint density at radius 3 is 2.65 bits per heavy atom. The highest BCUT2D eigenvalue weighted by molar-refractivity contribution is 6.00. The van der Waals surface area contributed by atoms with E-state index in [1.165, 1.54) is 6.42 Å². The summed E-state index contributed by atoms with van der Waals surface area (Å²) >= 11 is 0. The molecule has 2 rings (SSSR count). The molecule has 1 aliphatic heterocycles. The molecule has 0 unspecified atom stereocenters. The third-order valence-electron chi connectivity index (χ3n) is 3.46. The van der Waals surface area contributed by atoms with Crippen molar-refractivity contribution in [3.63, 3.8) is 0 Å². The van der Waals surface area contributed by atoms with E-state index in [1.807, 2.05) is 13.0 Å². The van der Waals surface area contributed by atoms with Crippen molar-refractivity contribution in [1.82, 2.24) is 0 Å². The number of anilines is 1. The Bertz CT molecular complexity index is 449. The van der Waals surface area contributed by atoms with Gasteiger partial charge in [0.2, 0.25) is 0 Å². The highest BCUT2D eigenvalue weighted by Gasteiger charge is 2.30. The fraction of sp³-hybridized carbons (Fsp3) is 0.500. The van der Waals surface area contributed by atoms with Crippen molar-refractivity contribution in [1.29, 1.82) is 5.41 Å². The third kappa shape index (κ3) is 2.43. The summed E-state index contributed by atoms with van der Waals surface area (Å²) in [7, 11) is 0. The molecule has 0 spiro atoms. The lowest BCUT2D eigenvalue weighted by molar-refractivity contribution is 0.418. The molecule has 0 bridgehead atoms. The van der Waals surface area contributed by atoms with Crippen LogP contribution >= 0.6 is 0 Å². The maximum Gasteiger partial charge on any atom is 0.124 e. The summed E-state index contributed by atoms with van der Waals surface area (Å²) in [5.41, 5.74) is 9.15. The topological polar surface area (TPSA) is 53.1 Å². The minimum Gasteiger partial charge on any atom is -0.384 e. The molecule has 3 nitrogen and oxygen atoms in total. The number of aryl methyl sites for hydroxylation is 1. The van der Waals surface area contributed by atoms with Gasteiger partial charge in [0.25, 0.3) is 0 Å². The highest BCUT2D eigenvalue weighted by atomic mass is 15.2. The number of nitrogens with one attached hydrogen (secondary N) is 1. The Kier molecular flexibility index (Phi) is 2.86. The molecule has 0 aliphatic carbocycles. The fourth-order valence-corrected chi connectivity index (χ4v) is 2.46. The molecule has 1 aromatic rings. The average molecular weight is 231 g/mol. The summed E-state index contributed by atoms with van der Waals surface area (Å²) in [6, 6.07) is 6.18. The number of nitrogens with two attached hydrogens (primary N) is 1. The molecule has 1 aromatic carbocycles. The van der Waals surface area contributed by atoms with Crippen molar-refractivity contribution in [3.05, 3.63) is 29.3 Å². The maximum atomic E-state index is 7.69. The lowest BCUT2D eigenvalue weighted by atomic mass is 9.93. The molecule has 92 valence electrons. The predicted molar refractivity (Wildman–Crippen MR) is 72.8 cm³/mol. The van der Waals surface area contributed by atoms with Gasteiger partial charge in [-0.25, -0.2) is 0 Å². The van der Waals surface area contributed by atoms with E-state index < -0.39 is 0 Å². The molecular weight excluding hydrogens is 210 g/mol. The van der Waals surface area contributed by atoms with Crippen LogP contribution in [-0.2, 0) is 0 Å². The van der Waals surface area contributed by atoms with Gasteiger partial charge in [0.15, 0.2) is 0 Å². The van der Waals surface area contributed by atoms with Crippen molar-refractivity contribution < 1.29 is 0 Å². The largest absolute Gasteiger partial charge is 0.384 e. The standard InChI is InChI=1S/C14H21N3/c1-10-4-5-12(11(8-10)13(15)16)17-7-6-14(2,3)9-17/h4-5,8H,6-7,9H2,1-3H3,(H3,15,16). The lowest BCUT2D eigenvalue weighted by Crippen LogP contribution is -2.26. The van der Waals surface area contributed by atoms with Gasteiger partial charge in [-0.2, -0.15) is 0 Å². The zero-order chi connectivity index (χ0) is 12.6. The summed E-state index contributed by atoms with van der Waals surface area (Å²) in [5.74, 6) is 0.161. The monoisotopic (exact) mass is 231 g/mol. The molecule has 0 atom stereocenters. The number of nitrogens with zero attached hydrogens (tertiary/aromatic N) is 1. The van der Waals surface area contributed by atoms with Crippen LogP contribution in [0.15, 0.2) is 18.2 Å². The van der Waals surface area contributed by atoms with E-state index in [9.17, 15) is 0 Å². The molecule has 17 heavy (non-hydrogen) atoms. The molecule has 0 radical (unpaired) electrons. The normalized spacial score (nSPS) is 18.4. The van der Waals surface area contributed by atoms with E-state index in [1.54, 1.807) is 0 Å². The average Bonchev–Trinajstić information content (AvgIpc) is 2.58. The second-order valence-corrected chi connectivity index (χ2v) is 5.77. The minimum absolute atomic E-state index is 0.161. The SMILES string of the molecule is Cc1ccc(N2CCC(C)(C)C2)c(C(=N)N)c1. The van der Waals surface area contributed by atoms with Gasteiger partial charge in [-0.05, 0) is 30.9 Å². The van der Waals surface area contributed by atoms with Gasteiger partial charge < -0.3 is 10.6 Å². The minimum atomic E-state index is 0.161. The van der Waals surface area contributed by atoms with Crippen LogP contribution in [0.25, 0.3) is 0 Å². The summed E-state index contributed by atoms with van der Waals surface area (Å²) in [4.78, 5) is 2.34. The van der Waals surface area contributed by atoms with E-state index in [-0.39, 0.29) is 5.84 Å². The molecule has 3 N–H and O–H groups in total. The first kappa shape index (κ1) is 12.0. The molecule has 0 amide bonds. The second-order valence-electron chi connectivity index (χ2n) is 5.77. The van der Waals surface area contributed by atoms with Crippen molar-refractivity contribution in [2.45, 2.75) is 27.2 Å². The Balaban J connectivity index is 2.36. The third-order valence-corrected chi connectivity index (χ3v) is 3.46. The van der Waals surface area contributed by atoms with Crippen molar-refractivity contribution in [2.24, 2.45) is 11.1 Å². The van der Waals surface area contributed by atoms with E-state index in [0.717, 1.165) is 29.9 Å². The van der Waals surface area contributed by atoms with Crippen LogP contribution in [0.3, 0.4) is 0 Å². The summed E-state index contributed by atoms with van der Waals surface area (Å²) in [6.45, 7) is 8.69. The Labute approximate surface area is 103 Å². The van der Waals surface area contributed by atoms with Gasteiger partial charge in [0.1, 0.15) is 5.84 Å². The summed E-state index contributed by atoms with van der Waals surface area (Å²) in [6.07, 6.45) is 1.19. The highest BCUT2D eigenvalue weighted by Crippen LogP contribution is 2.34. The number of nitrogen functional groups attached to an aromatic ring is 1. The number of benzene rings is 1. The molecule has 1 aliphatic rings. The number of hydrogen-bond donors (Lipinski definition) is 2. The van der Waals surface area contributed by atoms with Crippen LogP contribution in [0, 0.1) is 17.7 Å². The Morgan fingerprint density at radius 1 is 1.41 bits per heavy atom. The lowest BCUT2D eigenvalue weighted by Gasteiger charge is -2.24. The zero-order valence-corrected chi connectivity index (χ0v) is 10.9. The predicted octanol–water partition coefficient (Wildman–Crippen LogP) is 2.52. The fourth-order valence-electron chi connectivity index (χ4n) is 2.46. The van der Waals surface area contributed by atoms with E-state index in [0.29, 0.717) is 5.41 Å². The van der Waals surface area contributed by atoms with Gasteiger partial charge in [0, 0.05) is 24.3 Å². The Hall–Kier alpha value is -1.51. The van der Waals surface area contributed by atoms with E-state index >= 15 is 0 Å². The van der Waals surface area contributed by atoms with Crippen LogP contribution in [0.2, 0.25) is 0 Å². The van der Waals surface area contributed by atoms with Gasteiger partial charge in [-0.15, -0.1) is 0 Å². The van der Waals surface area contributed by atoms with Crippen LogP contribution in [0.1, 0.15) is 31.4 Å². The van der Waals surface area contributed by atoms with Crippen LogP contribution in [0.5, 0.6) is 0 Å². The van der Waals surface area contributed by atoms with Gasteiger partial charge in [0.05, 0.1) is 0 Å². The summed E-state index contributed by atoms with van der Waals surface area (Å²) < 4.78 is 0. The molecule has 3 heteroatoms. The molecule has 0 aromatic heterocycles. The number of amidine groups is 1. The van der Waals surface area contributed by atoms with Crippen molar-refractivity contribution >= 4 is 11.5 Å². The second kappa shape index (κ2) is 4.06. The first-order valence-electron chi connectivity index (χ1n) is 6.09. The smallest absolute Gasteiger partial charge is 0.124 e. The van der Waals surface area contributed by atoms with Crippen LogP contribution < -0.4 is 10.6 Å². The maximum absolute atomic E-state index is 7.69. The van der Waals surface area contributed by atoms with Gasteiger partial charge in [-0.3, -0.25) is 5.41 Å². The molecular formula is C14H21N3. The van der Waals surface area contributed by atoms with Crippen molar-refractivity contribution in [3.8, 4) is 0 Å². The first-order chi connectivity index (χ1) is 7.89. The van der Waals surface area contributed by atoms with Gasteiger partial charge >= 0.3 is 0 Å². The quantitative estimate of drug-likeness (QED) is 0.607. The first-order valence-corrected chi connectivity index (χ1v) is 6.09. The zero-order valence-electron chi connectivity index (χ0n) is 10.9. The van der Waals surface area contributed by atoms with Crippen LogP contribution in [-0.4, -0.2) is 18.9 Å². The molecule has 1 fully saturated rings.